The molecule has 1 aliphatic heterocycles. The highest BCUT2D eigenvalue weighted by molar-refractivity contribution is 7.17. The number of nitrogens with one attached hydrogen (secondary N) is 1. The van der Waals surface area contributed by atoms with Gasteiger partial charge in [-0.2, -0.15) is 0 Å². The Morgan fingerprint density at radius 2 is 2.06 bits per heavy atom. The summed E-state index contributed by atoms with van der Waals surface area (Å²) in [6.45, 7) is 6.20. The lowest BCUT2D eigenvalue weighted by molar-refractivity contribution is 0.234. The van der Waals surface area contributed by atoms with Crippen LogP contribution in [0.1, 0.15) is 11.1 Å². The lowest BCUT2D eigenvalue weighted by Crippen LogP contribution is -2.42. The fourth-order valence-corrected chi connectivity index (χ4v) is 3.65. The van der Waals surface area contributed by atoms with Crippen LogP contribution in [0.5, 0.6) is 0 Å². The Labute approximate surface area is 112 Å². The van der Waals surface area contributed by atoms with E-state index >= 15 is 0 Å². The van der Waals surface area contributed by atoms with Gasteiger partial charge in [-0.05, 0) is 21.9 Å². The summed E-state index contributed by atoms with van der Waals surface area (Å²) in [5.41, 5.74) is 8.52. The van der Waals surface area contributed by atoms with E-state index in [1.165, 1.54) is 21.2 Å². The molecule has 1 fully saturated rings. The first-order valence-corrected chi connectivity index (χ1v) is 7.37. The summed E-state index contributed by atoms with van der Waals surface area (Å²) in [6.07, 6.45) is 0. The number of piperazine rings is 1. The molecule has 1 aromatic carbocycles. The van der Waals surface area contributed by atoms with E-state index in [4.69, 9.17) is 5.73 Å². The van der Waals surface area contributed by atoms with Crippen molar-refractivity contribution in [1.29, 1.82) is 0 Å². The van der Waals surface area contributed by atoms with Crippen molar-refractivity contribution in [3.8, 4) is 0 Å². The molecule has 1 aromatic heterocycles. The molecule has 0 bridgehead atoms. The molecule has 3 N–H and O–H groups in total. The monoisotopic (exact) mass is 261 g/mol. The van der Waals surface area contributed by atoms with E-state index in [0.717, 1.165) is 32.7 Å². The number of hydrogen-bond acceptors (Lipinski definition) is 4. The van der Waals surface area contributed by atoms with Gasteiger partial charge in [0.1, 0.15) is 0 Å². The Morgan fingerprint density at radius 3 is 2.83 bits per heavy atom. The predicted octanol–water partition coefficient (Wildman–Crippen LogP) is 1.77. The highest BCUT2D eigenvalue weighted by atomic mass is 32.1. The first-order chi connectivity index (χ1) is 8.88. The van der Waals surface area contributed by atoms with Crippen LogP contribution in [0, 0.1) is 0 Å². The summed E-state index contributed by atoms with van der Waals surface area (Å²) in [5, 5.41) is 7.08. The van der Waals surface area contributed by atoms with Gasteiger partial charge in [-0.15, -0.1) is 11.3 Å². The molecule has 3 rings (SSSR count). The summed E-state index contributed by atoms with van der Waals surface area (Å²) in [6, 6.07) is 6.48. The molecule has 3 nitrogen and oxygen atoms in total. The van der Waals surface area contributed by atoms with Crippen molar-refractivity contribution in [2.75, 3.05) is 26.2 Å². The second-order valence-electron chi connectivity index (χ2n) is 4.79. The van der Waals surface area contributed by atoms with Crippen LogP contribution in [-0.2, 0) is 13.1 Å². The van der Waals surface area contributed by atoms with E-state index in [-0.39, 0.29) is 0 Å². The van der Waals surface area contributed by atoms with E-state index in [1.807, 2.05) is 11.3 Å². The first-order valence-electron chi connectivity index (χ1n) is 6.49. The molecular weight excluding hydrogens is 242 g/mol. The molecule has 0 unspecified atom stereocenters. The second-order valence-corrected chi connectivity index (χ2v) is 5.66. The van der Waals surface area contributed by atoms with Crippen LogP contribution in [-0.4, -0.2) is 31.1 Å². The zero-order valence-corrected chi connectivity index (χ0v) is 11.3. The maximum absolute atomic E-state index is 5.80. The molecule has 4 heteroatoms. The third-order valence-electron chi connectivity index (χ3n) is 3.59. The molecule has 0 radical (unpaired) electrons. The third kappa shape index (κ3) is 2.29. The molecular formula is C14H19N3S. The zero-order chi connectivity index (χ0) is 12.4. The molecule has 1 aliphatic rings. The number of benzene rings is 1. The van der Waals surface area contributed by atoms with Gasteiger partial charge in [-0.1, -0.05) is 18.2 Å². The van der Waals surface area contributed by atoms with Gasteiger partial charge in [-0.3, -0.25) is 4.90 Å². The summed E-state index contributed by atoms with van der Waals surface area (Å²) >= 11 is 1.83. The molecule has 0 amide bonds. The van der Waals surface area contributed by atoms with Gasteiger partial charge in [-0.25, -0.2) is 0 Å². The van der Waals surface area contributed by atoms with Crippen LogP contribution in [0.3, 0.4) is 0 Å². The smallest absolute Gasteiger partial charge is 0.0390 e. The molecule has 1 saturated heterocycles. The van der Waals surface area contributed by atoms with Crippen molar-refractivity contribution >= 4 is 21.4 Å². The minimum Gasteiger partial charge on any atom is -0.326 e. The largest absolute Gasteiger partial charge is 0.326 e. The molecule has 2 aromatic rings. The van der Waals surface area contributed by atoms with Gasteiger partial charge in [0.2, 0.25) is 0 Å². The zero-order valence-electron chi connectivity index (χ0n) is 10.5. The van der Waals surface area contributed by atoms with Crippen LogP contribution < -0.4 is 11.1 Å². The normalized spacial score (nSPS) is 17.4. The van der Waals surface area contributed by atoms with Crippen LogP contribution >= 0.6 is 11.3 Å². The quantitative estimate of drug-likeness (QED) is 0.884. The molecule has 96 valence electrons. The number of hydrogen-bond donors (Lipinski definition) is 2. The second kappa shape index (κ2) is 5.36. The van der Waals surface area contributed by atoms with Gasteiger partial charge < -0.3 is 11.1 Å². The Kier molecular flexibility index (Phi) is 3.61. The maximum atomic E-state index is 5.80. The van der Waals surface area contributed by atoms with E-state index in [2.05, 4.69) is 33.8 Å². The minimum absolute atomic E-state index is 0.630. The van der Waals surface area contributed by atoms with Crippen LogP contribution in [0.15, 0.2) is 23.6 Å². The van der Waals surface area contributed by atoms with Crippen LogP contribution in [0.4, 0.5) is 0 Å². The molecule has 0 saturated carbocycles. The van der Waals surface area contributed by atoms with Gasteiger partial charge in [0.05, 0.1) is 0 Å². The van der Waals surface area contributed by atoms with Gasteiger partial charge in [0.15, 0.2) is 0 Å². The van der Waals surface area contributed by atoms with Crippen molar-refractivity contribution in [2.45, 2.75) is 13.1 Å². The number of nitrogens with zero attached hydrogens (tertiary/aromatic N) is 1. The predicted molar refractivity (Wildman–Crippen MR) is 77.9 cm³/mol. The number of thiophene rings is 1. The number of fused-ring (bicyclic) bond motifs is 1. The number of nitrogens with two attached hydrogens (primary N) is 1. The topological polar surface area (TPSA) is 41.3 Å². The minimum atomic E-state index is 0.630. The Balaban J connectivity index is 1.88. The van der Waals surface area contributed by atoms with E-state index in [0.29, 0.717) is 6.54 Å². The maximum Gasteiger partial charge on any atom is 0.0390 e. The highest BCUT2D eigenvalue weighted by Gasteiger charge is 2.13. The van der Waals surface area contributed by atoms with E-state index < -0.39 is 0 Å². The van der Waals surface area contributed by atoms with Crippen molar-refractivity contribution in [3.05, 3.63) is 34.7 Å². The lowest BCUT2D eigenvalue weighted by Gasteiger charge is -2.26. The lowest BCUT2D eigenvalue weighted by atomic mass is 10.1. The Morgan fingerprint density at radius 1 is 1.22 bits per heavy atom. The summed E-state index contributed by atoms with van der Waals surface area (Å²) in [4.78, 5) is 2.52. The summed E-state index contributed by atoms with van der Waals surface area (Å²) in [5.74, 6) is 0. The molecule has 0 atom stereocenters. The average Bonchev–Trinajstić information content (AvgIpc) is 2.83. The molecule has 0 aliphatic carbocycles. The van der Waals surface area contributed by atoms with Gasteiger partial charge >= 0.3 is 0 Å². The van der Waals surface area contributed by atoms with Crippen molar-refractivity contribution < 1.29 is 0 Å². The number of rotatable bonds is 3. The molecule has 0 spiro atoms. The Hall–Kier alpha value is -0.940. The van der Waals surface area contributed by atoms with E-state index in [1.54, 1.807) is 0 Å². The van der Waals surface area contributed by atoms with Crippen molar-refractivity contribution in [3.63, 3.8) is 0 Å². The summed E-state index contributed by atoms with van der Waals surface area (Å²) < 4.78 is 1.37. The molecule has 18 heavy (non-hydrogen) atoms. The van der Waals surface area contributed by atoms with E-state index in [9.17, 15) is 0 Å². The van der Waals surface area contributed by atoms with Gasteiger partial charge in [0, 0.05) is 44.0 Å². The average molecular weight is 261 g/mol. The summed E-state index contributed by atoms with van der Waals surface area (Å²) in [7, 11) is 0. The van der Waals surface area contributed by atoms with Crippen molar-refractivity contribution in [1.82, 2.24) is 10.2 Å². The Bertz CT molecular complexity index is 529. The van der Waals surface area contributed by atoms with Crippen LogP contribution in [0.2, 0.25) is 0 Å². The fourth-order valence-electron chi connectivity index (χ4n) is 2.56. The first kappa shape index (κ1) is 12.1. The third-order valence-corrected chi connectivity index (χ3v) is 4.71. The highest BCUT2D eigenvalue weighted by Crippen LogP contribution is 2.29. The molecule has 2 heterocycles. The van der Waals surface area contributed by atoms with Crippen molar-refractivity contribution in [2.24, 2.45) is 5.73 Å². The SMILES string of the molecule is NCc1cccc2c(CN3CCNCC3)csc12. The fraction of sp³-hybridized carbons (Fsp3) is 0.429. The van der Waals surface area contributed by atoms with Gasteiger partial charge in [0.25, 0.3) is 0 Å². The van der Waals surface area contributed by atoms with Crippen LogP contribution in [0.25, 0.3) is 10.1 Å². The standard InChI is InChI=1S/C14H19N3S/c15-8-11-2-1-3-13-12(10-18-14(11)13)9-17-6-4-16-5-7-17/h1-3,10,16H,4-9,15H2.